The molecular weight excluding hydrogens is 255 g/mol. The number of benzene rings is 1. The molecule has 1 aromatic carbocycles. The second-order valence-electron chi connectivity index (χ2n) is 5.32. The molecule has 0 amide bonds. The summed E-state index contributed by atoms with van der Waals surface area (Å²) in [6, 6.07) is 3.96. The Labute approximate surface area is 110 Å². The number of anilines is 1. The van der Waals surface area contributed by atoms with Crippen LogP contribution in [0.1, 0.15) is 31.9 Å². The molecule has 0 aromatic heterocycles. The van der Waals surface area contributed by atoms with Gasteiger partial charge in [-0.1, -0.05) is 6.07 Å². The number of nitrogens with zero attached hydrogens (tertiary/aromatic N) is 1. The van der Waals surface area contributed by atoms with E-state index in [1.54, 1.807) is 0 Å². The lowest BCUT2D eigenvalue weighted by Gasteiger charge is -2.16. The number of hydrogen-bond donors (Lipinski definition) is 2. The predicted octanol–water partition coefficient (Wildman–Crippen LogP) is 3.54. The third-order valence-electron chi connectivity index (χ3n) is 2.27. The van der Waals surface area contributed by atoms with Crippen molar-refractivity contribution in [1.82, 2.24) is 0 Å². The molecule has 3 N–H and O–H groups in total. The first-order valence-corrected chi connectivity index (χ1v) is 5.79. The van der Waals surface area contributed by atoms with Crippen molar-refractivity contribution in [2.24, 2.45) is 10.7 Å². The number of alkyl halides is 3. The summed E-state index contributed by atoms with van der Waals surface area (Å²) in [5, 5.41) is 2.67. The molecule has 0 bridgehead atoms. The highest BCUT2D eigenvalue weighted by Gasteiger charge is 2.32. The lowest BCUT2D eigenvalue weighted by molar-refractivity contribution is -0.138. The summed E-state index contributed by atoms with van der Waals surface area (Å²) in [6.45, 7) is 6.95. The zero-order valence-electron chi connectivity index (χ0n) is 11.4. The standard InChI is InChI=1S/C13H18F3N3/c1-8-5-6-9(7-10(8)13(14,15)16)18-11(17)19-12(2,3)4/h5-7H,1-4H3,(H3,17,18,19). The molecule has 19 heavy (non-hydrogen) atoms. The van der Waals surface area contributed by atoms with E-state index in [1.165, 1.54) is 19.1 Å². The number of aryl methyl sites for hydroxylation is 1. The molecule has 0 fully saturated rings. The van der Waals surface area contributed by atoms with E-state index >= 15 is 0 Å². The normalized spacial score (nSPS) is 13.5. The Kier molecular flexibility index (Phi) is 4.12. The van der Waals surface area contributed by atoms with Crippen LogP contribution in [0.5, 0.6) is 0 Å². The molecule has 0 unspecified atom stereocenters. The monoisotopic (exact) mass is 273 g/mol. The minimum absolute atomic E-state index is 0.0875. The Bertz CT molecular complexity index is 485. The van der Waals surface area contributed by atoms with E-state index < -0.39 is 17.3 Å². The van der Waals surface area contributed by atoms with Gasteiger partial charge in [0.25, 0.3) is 0 Å². The number of rotatable bonds is 1. The molecule has 3 nitrogen and oxygen atoms in total. The molecule has 1 rings (SSSR count). The number of halogens is 3. The van der Waals surface area contributed by atoms with Crippen molar-refractivity contribution < 1.29 is 13.2 Å². The average molecular weight is 273 g/mol. The fourth-order valence-corrected chi connectivity index (χ4v) is 1.54. The molecule has 0 saturated carbocycles. The van der Waals surface area contributed by atoms with Gasteiger partial charge in [0.15, 0.2) is 5.96 Å². The summed E-state index contributed by atoms with van der Waals surface area (Å²) in [7, 11) is 0. The fourth-order valence-electron chi connectivity index (χ4n) is 1.54. The molecule has 0 spiro atoms. The Hall–Kier alpha value is -1.72. The largest absolute Gasteiger partial charge is 0.416 e. The van der Waals surface area contributed by atoms with Gasteiger partial charge in [-0.15, -0.1) is 0 Å². The smallest absolute Gasteiger partial charge is 0.370 e. The summed E-state index contributed by atoms with van der Waals surface area (Å²) in [4.78, 5) is 4.12. The van der Waals surface area contributed by atoms with Crippen LogP contribution in [0.3, 0.4) is 0 Å². The minimum Gasteiger partial charge on any atom is -0.370 e. The quantitative estimate of drug-likeness (QED) is 0.607. The van der Waals surface area contributed by atoms with Crippen LogP contribution < -0.4 is 11.1 Å². The second kappa shape index (κ2) is 5.11. The molecular formula is C13H18F3N3. The van der Waals surface area contributed by atoms with Crippen LogP contribution in [-0.4, -0.2) is 11.5 Å². The van der Waals surface area contributed by atoms with Crippen molar-refractivity contribution in [3.8, 4) is 0 Å². The molecule has 0 aliphatic heterocycles. The van der Waals surface area contributed by atoms with Gasteiger partial charge in [-0.3, -0.25) is 0 Å². The molecule has 0 heterocycles. The van der Waals surface area contributed by atoms with Gasteiger partial charge in [0, 0.05) is 5.69 Å². The van der Waals surface area contributed by atoms with Crippen LogP contribution in [0, 0.1) is 6.92 Å². The number of nitrogens with two attached hydrogens (primary N) is 1. The van der Waals surface area contributed by atoms with E-state index in [1.807, 2.05) is 20.8 Å². The molecule has 0 aliphatic carbocycles. The first kappa shape index (κ1) is 15.3. The van der Waals surface area contributed by atoms with Gasteiger partial charge in [-0.05, 0) is 45.4 Å². The van der Waals surface area contributed by atoms with Crippen molar-refractivity contribution in [2.45, 2.75) is 39.4 Å². The SMILES string of the molecule is Cc1ccc(NC(N)=NC(C)(C)C)cc1C(F)(F)F. The summed E-state index contributed by atoms with van der Waals surface area (Å²) < 4.78 is 38.2. The molecule has 0 radical (unpaired) electrons. The highest BCUT2D eigenvalue weighted by Crippen LogP contribution is 2.33. The van der Waals surface area contributed by atoms with Gasteiger partial charge in [-0.25, -0.2) is 4.99 Å². The topological polar surface area (TPSA) is 50.4 Å². The van der Waals surface area contributed by atoms with Gasteiger partial charge >= 0.3 is 6.18 Å². The van der Waals surface area contributed by atoms with Gasteiger partial charge in [0.1, 0.15) is 0 Å². The van der Waals surface area contributed by atoms with Gasteiger partial charge in [-0.2, -0.15) is 13.2 Å². The highest BCUT2D eigenvalue weighted by atomic mass is 19.4. The van der Waals surface area contributed by atoms with Gasteiger partial charge < -0.3 is 11.1 Å². The van der Waals surface area contributed by atoms with E-state index in [4.69, 9.17) is 5.73 Å². The average Bonchev–Trinajstić information content (AvgIpc) is 2.16. The predicted molar refractivity (Wildman–Crippen MR) is 71.2 cm³/mol. The number of nitrogens with one attached hydrogen (secondary N) is 1. The maximum atomic E-state index is 12.7. The first-order valence-electron chi connectivity index (χ1n) is 5.79. The van der Waals surface area contributed by atoms with Crippen molar-refractivity contribution >= 4 is 11.6 Å². The summed E-state index contributed by atoms with van der Waals surface area (Å²) >= 11 is 0. The fraction of sp³-hybridized carbons (Fsp3) is 0.462. The summed E-state index contributed by atoms with van der Waals surface area (Å²) in [5.74, 6) is 0.0875. The minimum atomic E-state index is -4.38. The Morgan fingerprint density at radius 1 is 1.21 bits per heavy atom. The van der Waals surface area contributed by atoms with Crippen molar-refractivity contribution in [1.29, 1.82) is 0 Å². The number of hydrogen-bond acceptors (Lipinski definition) is 1. The van der Waals surface area contributed by atoms with Crippen LogP contribution >= 0.6 is 0 Å². The zero-order valence-corrected chi connectivity index (χ0v) is 11.4. The second-order valence-corrected chi connectivity index (χ2v) is 5.32. The van der Waals surface area contributed by atoms with Crippen LogP contribution in [0.15, 0.2) is 23.2 Å². The van der Waals surface area contributed by atoms with Crippen molar-refractivity contribution in [3.63, 3.8) is 0 Å². The van der Waals surface area contributed by atoms with E-state index in [0.29, 0.717) is 0 Å². The Morgan fingerprint density at radius 3 is 2.26 bits per heavy atom. The van der Waals surface area contributed by atoms with Gasteiger partial charge in [0.2, 0.25) is 0 Å². The van der Waals surface area contributed by atoms with Crippen LogP contribution in [0.25, 0.3) is 0 Å². The maximum absolute atomic E-state index is 12.7. The Balaban J connectivity index is 3.02. The van der Waals surface area contributed by atoms with E-state index in [9.17, 15) is 13.2 Å². The number of guanidine groups is 1. The van der Waals surface area contributed by atoms with E-state index in [2.05, 4.69) is 10.3 Å². The lowest BCUT2D eigenvalue weighted by atomic mass is 10.1. The van der Waals surface area contributed by atoms with Crippen molar-refractivity contribution in [3.05, 3.63) is 29.3 Å². The van der Waals surface area contributed by atoms with Crippen LogP contribution in [0.2, 0.25) is 0 Å². The van der Waals surface area contributed by atoms with Gasteiger partial charge in [0.05, 0.1) is 11.1 Å². The number of aliphatic imine (C=N–C) groups is 1. The van der Waals surface area contributed by atoms with Crippen molar-refractivity contribution in [2.75, 3.05) is 5.32 Å². The Morgan fingerprint density at radius 2 is 1.79 bits per heavy atom. The van der Waals surface area contributed by atoms with Crippen LogP contribution in [0.4, 0.5) is 18.9 Å². The maximum Gasteiger partial charge on any atom is 0.416 e. The van der Waals surface area contributed by atoms with E-state index in [-0.39, 0.29) is 17.2 Å². The first-order chi connectivity index (χ1) is 8.49. The lowest BCUT2D eigenvalue weighted by Crippen LogP contribution is -2.27. The molecule has 1 aromatic rings. The molecule has 0 atom stereocenters. The van der Waals surface area contributed by atoms with Crippen LogP contribution in [-0.2, 0) is 6.18 Å². The summed E-state index contributed by atoms with van der Waals surface area (Å²) in [5.41, 5.74) is 5.01. The molecule has 6 heteroatoms. The zero-order chi connectivity index (χ0) is 14.8. The molecule has 106 valence electrons. The third-order valence-corrected chi connectivity index (χ3v) is 2.27. The molecule has 0 aliphatic rings. The summed E-state index contributed by atoms with van der Waals surface area (Å²) in [6.07, 6.45) is -4.38. The molecule has 0 saturated heterocycles. The highest BCUT2D eigenvalue weighted by molar-refractivity contribution is 5.92. The third kappa shape index (κ3) is 4.81. The van der Waals surface area contributed by atoms with E-state index in [0.717, 1.165) is 6.07 Å².